The Labute approximate surface area is 141 Å². The van der Waals surface area contributed by atoms with Gasteiger partial charge in [-0.2, -0.15) is 0 Å². The van der Waals surface area contributed by atoms with Gasteiger partial charge in [0.05, 0.1) is 0 Å². The highest BCUT2D eigenvalue weighted by atomic mass is 35.5. The van der Waals surface area contributed by atoms with Gasteiger partial charge in [0.15, 0.2) is 11.0 Å². The number of halogens is 1. The molecule has 0 aliphatic rings. The minimum Gasteiger partial charge on any atom is -0.368 e. The van der Waals surface area contributed by atoms with E-state index in [1.54, 1.807) is 24.5 Å². The summed E-state index contributed by atoms with van der Waals surface area (Å²) in [5.74, 6) is 0.840. The zero-order chi connectivity index (χ0) is 16.2. The van der Waals surface area contributed by atoms with Crippen molar-refractivity contribution >= 4 is 29.3 Å². The summed E-state index contributed by atoms with van der Waals surface area (Å²) in [7, 11) is 0. The SMILES string of the molecule is C=CCn1c(Sc2cc(Cl)nc(N)n2)nnc1-c1ccncc1. The van der Waals surface area contributed by atoms with Gasteiger partial charge >= 0.3 is 0 Å². The molecular weight excluding hydrogens is 334 g/mol. The Morgan fingerprint density at radius 2 is 2.04 bits per heavy atom. The first-order valence-electron chi connectivity index (χ1n) is 6.60. The molecule has 23 heavy (non-hydrogen) atoms. The summed E-state index contributed by atoms with van der Waals surface area (Å²) in [6.45, 7) is 4.34. The maximum atomic E-state index is 5.91. The van der Waals surface area contributed by atoms with Crippen LogP contribution < -0.4 is 5.73 Å². The van der Waals surface area contributed by atoms with Crippen LogP contribution in [0, 0.1) is 0 Å². The lowest BCUT2D eigenvalue weighted by molar-refractivity contribution is 0.730. The van der Waals surface area contributed by atoms with Crippen LogP contribution in [0.1, 0.15) is 0 Å². The molecule has 3 aromatic heterocycles. The fourth-order valence-electron chi connectivity index (χ4n) is 1.93. The molecular formula is C14H12ClN7S. The third-order valence-corrected chi connectivity index (χ3v) is 3.95. The second kappa shape index (κ2) is 6.76. The van der Waals surface area contributed by atoms with Gasteiger partial charge < -0.3 is 5.73 Å². The van der Waals surface area contributed by atoms with Crippen LogP contribution in [0.15, 0.2) is 53.4 Å². The van der Waals surface area contributed by atoms with Crippen molar-refractivity contribution in [2.45, 2.75) is 16.7 Å². The molecule has 0 radical (unpaired) electrons. The Morgan fingerprint density at radius 1 is 1.26 bits per heavy atom. The quantitative estimate of drug-likeness (QED) is 0.561. The lowest BCUT2D eigenvalue weighted by Gasteiger charge is -2.07. The van der Waals surface area contributed by atoms with Crippen molar-refractivity contribution in [3.05, 3.63) is 48.4 Å². The fourth-order valence-corrected chi connectivity index (χ4v) is 3.04. The van der Waals surface area contributed by atoms with Gasteiger partial charge in [-0.3, -0.25) is 9.55 Å². The van der Waals surface area contributed by atoms with E-state index in [9.17, 15) is 0 Å². The minimum atomic E-state index is 0.115. The molecule has 0 atom stereocenters. The predicted molar refractivity (Wildman–Crippen MR) is 89.0 cm³/mol. The smallest absolute Gasteiger partial charge is 0.222 e. The van der Waals surface area contributed by atoms with Crippen molar-refractivity contribution in [1.29, 1.82) is 0 Å². The number of hydrogen-bond acceptors (Lipinski definition) is 7. The van der Waals surface area contributed by atoms with Crippen LogP contribution in [0.4, 0.5) is 5.95 Å². The van der Waals surface area contributed by atoms with E-state index >= 15 is 0 Å². The van der Waals surface area contributed by atoms with Gasteiger partial charge in [-0.15, -0.1) is 16.8 Å². The number of nitrogen functional groups attached to an aromatic ring is 1. The first-order valence-corrected chi connectivity index (χ1v) is 7.79. The number of anilines is 1. The maximum Gasteiger partial charge on any atom is 0.222 e. The molecule has 0 bridgehead atoms. The first kappa shape index (κ1) is 15.4. The minimum absolute atomic E-state index is 0.115. The van der Waals surface area contributed by atoms with E-state index in [0.29, 0.717) is 16.7 Å². The van der Waals surface area contributed by atoms with E-state index < -0.39 is 0 Å². The number of allylic oxidation sites excluding steroid dienone is 1. The van der Waals surface area contributed by atoms with Gasteiger partial charge in [0.25, 0.3) is 0 Å². The summed E-state index contributed by atoms with van der Waals surface area (Å²) in [5.41, 5.74) is 6.54. The van der Waals surface area contributed by atoms with Crippen LogP contribution in [0.2, 0.25) is 5.15 Å². The molecule has 3 heterocycles. The third-order valence-electron chi connectivity index (χ3n) is 2.85. The monoisotopic (exact) mass is 345 g/mol. The standard InChI is InChI=1S/C14H12ClN7S/c1-2-7-22-12(9-3-5-17-6-4-9)20-21-14(22)23-11-8-10(15)18-13(16)19-11/h2-6,8H,1,7H2,(H2,16,18,19). The van der Waals surface area contributed by atoms with E-state index in [1.807, 2.05) is 16.7 Å². The van der Waals surface area contributed by atoms with Gasteiger partial charge in [0, 0.05) is 30.6 Å². The summed E-state index contributed by atoms with van der Waals surface area (Å²) in [5, 5.41) is 10.0. The van der Waals surface area contributed by atoms with Gasteiger partial charge in [0.2, 0.25) is 5.95 Å². The van der Waals surface area contributed by atoms with Crippen molar-refractivity contribution in [3.63, 3.8) is 0 Å². The van der Waals surface area contributed by atoms with E-state index in [1.165, 1.54) is 11.8 Å². The highest BCUT2D eigenvalue weighted by molar-refractivity contribution is 7.99. The summed E-state index contributed by atoms with van der Waals surface area (Å²) in [6, 6.07) is 5.37. The molecule has 3 aromatic rings. The van der Waals surface area contributed by atoms with Crippen LogP contribution >= 0.6 is 23.4 Å². The number of hydrogen-bond donors (Lipinski definition) is 1. The van der Waals surface area contributed by atoms with Crippen LogP contribution in [0.5, 0.6) is 0 Å². The molecule has 116 valence electrons. The number of nitrogens with two attached hydrogens (primary N) is 1. The Morgan fingerprint density at radius 3 is 2.74 bits per heavy atom. The van der Waals surface area contributed by atoms with Crippen molar-refractivity contribution in [3.8, 4) is 11.4 Å². The molecule has 0 amide bonds. The molecule has 0 saturated carbocycles. The summed E-state index contributed by atoms with van der Waals surface area (Å²) < 4.78 is 1.93. The fraction of sp³-hybridized carbons (Fsp3) is 0.0714. The molecule has 0 spiro atoms. The highest BCUT2D eigenvalue weighted by Gasteiger charge is 2.15. The van der Waals surface area contributed by atoms with Gasteiger partial charge in [0.1, 0.15) is 10.2 Å². The molecule has 0 saturated heterocycles. The van der Waals surface area contributed by atoms with E-state index in [4.69, 9.17) is 17.3 Å². The number of rotatable bonds is 5. The van der Waals surface area contributed by atoms with Crippen LogP contribution in [-0.2, 0) is 6.54 Å². The molecule has 0 aromatic carbocycles. The van der Waals surface area contributed by atoms with Crippen molar-refractivity contribution in [2.24, 2.45) is 0 Å². The summed E-state index contributed by atoms with van der Waals surface area (Å²) in [4.78, 5) is 12.0. The number of aromatic nitrogens is 6. The van der Waals surface area contributed by atoms with E-state index in [0.717, 1.165) is 11.4 Å². The normalized spacial score (nSPS) is 10.7. The Bertz CT molecular complexity index is 814. The summed E-state index contributed by atoms with van der Waals surface area (Å²) >= 11 is 7.22. The average Bonchev–Trinajstić information content (AvgIpc) is 2.90. The Kier molecular flexibility index (Phi) is 4.54. The van der Waals surface area contributed by atoms with Gasteiger partial charge in [-0.25, -0.2) is 9.97 Å². The van der Waals surface area contributed by atoms with Crippen molar-refractivity contribution < 1.29 is 0 Å². The van der Waals surface area contributed by atoms with Crippen LogP contribution in [0.25, 0.3) is 11.4 Å². The van der Waals surface area contributed by atoms with Crippen molar-refractivity contribution in [1.82, 2.24) is 29.7 Å². The molecule has 2 N–H and O–H groups in total. The van der Waals surface area contributed by atoms with Crippen LogP contribution in [-0.4, -0.2) is 29.7 Å². The topological polar surface area (TPSA) is 95.4 Å². The zero-order valence-electron chi connectivity index (χ0n) is 11.9. The van der Waals surface area contributed by atoms with Crippen LogP contribution in [0.3, 0.4) is 0 Å². The van der Waals surface area contributed by atoms with Gasteiger partial charge in [-0.05, 0) is 23.9 Å². The maximum absolute atomic E-state index is 5.91. The Hall–Kier alpha value is -2.45. The first-order chi connectivity index (χ1) is 11.2. The molecule has 7 nitrogen and oxygen atoms in total. The number of nitrogens with zero attached hydrogens (tertiary/aromatic N) is 6. The average molecular weight is 346 g/mol. The largest absolute Gasteiger partial charge is 0.368 e. The third kappa shape index (κ3) is 3.49. The molecule has 0 aliphatic carbocycles. The molecule has 0 aliphatic heterocycles. The second-order valence-electron chi connectivity index (χ2n) is 4.43. The highest BCUT2D eigenvalue weighted by Crippen LogP contribution is 2.29. The molecule has 9 heteroatoms. The second-order valence-corrected chi connectivity index (χ2v) is 5.81. The lowest BCUT2D eigenvalue weighted by Crippen LogP contribution is -2.01. The lowest BCUT2D eigenvalue weighted by atomic mass is 10.2. The predicted octanol–water partition coefficient (Wildman–Crippen LogP) is 2.70. The molecule has 0 fully saturated rings. The number of pyridine rings is 1. The molecule has 0 unspecified atom stereocenters. The van der Waals surface area contributed by atoms with Gasteiger partial charge in [-0.1, -0.05) is 17.7 Å². The van der Waals surface area contributed by atoms with E-state index in [2.05, 4.69) is 31.7 Å². The van der Waals surface area contributed by atoms with E-state index in [-0.39, 0.29) is 11.1 Å². The molecule has 3 rings (SSSR count). The zero-order valence-corrected chi connectivity index (χ0v) is 13.5. The Balaban J connectivity index is 1.99. The summed E-state index contributed by atoms with van der Waals surface area (Å²) in [6.07, 6.45) is 5.19. The van der Waals surface area contributed by atoms with Crippen molar-refractivity contribution in [2.75, 3.05) is 5.73 Å².